The second-order valence-electron chi connectivity index (χ2n) is 9.59. The van der Waals surface area contributed by atoms with Gasteiger partial charge >= 0.3 is 0 Å². The van der Waals surface area contributed by atoms with Gasteiger partial charge in [-0.05, 0) is 47.7 Å². The molecule has 11 nitrogen and oxygen atoms in total. The largest absolute Gasteiger partial charge is 0.493 e. The van der Waals surface area contributed by atoms with Crippen LogP contribution < -0.4 is 31.0 Å². The fourth-order valence-electron chi connectivity index (χ4n) is 4.62. The number of benzene rings is 2. The molecule has 1 aliphatic carbocycles. The molecule has 0 radical (unpaired) electrons. The van der Waals surface area contributed by atoms with Gasteiger partial charge in [0.2, 0.25) is 21.8 Å². The highest BCUT2D eigenvalue weighted by Crippen LogP contribution is 2.29. The SMILES string of the molecule is COc1ccc(CC(=O)NC(N)=NC(CC2CCCCC2)C(=O)NCc2ccc(S(N)(=O)=O)cc2)cc1OC. The van der Waals surface area contributed by atoms with Crippen molar-refractivity contribution in [3.8, 4) is 11.5 Å². The minimum Gasteiger partial charge on any atom is -0.493 e. The molecule has 0 heterocycles. The van der Waals surface area contributed by atoms with Crippen LogP contribution in [0.25, 0.3) is 0 Å². The first kappa shape index (κ1) is 29.9. The Balaban J connectivity index is 1.66. The zero-order valence-electron chi connectivity index (χ0n) is 22.3. The molecule has 12 heteroatoms. The summed E-state index contributed by atoms with van der Waals surface area (Å²) in [6.07, 6.45) is 5.97. The van der Waals surface area contributed by atoms with E-state index in [0.29, 0.717) is 35.0 Å². The van der Waals surface area contributed by atoms with E-state index in [1.54, 1.807) is 30.3 Å². The number of hydrogen-bond acceptors (Lipinski definition) is 7. The molecule has 39 heavy (non-hydrogen) atoms. The van der Waals surface area contributed by atoms with Crippen LogP contribution in [0.5, 0.6) is 11.5 Å². The number of methoxy groups -OCH3 is 2. The Labute approximate surface area is 229 Å². The number of amides is 2. The number of nitrogens with two attached hydrogens (primary N) is 2. The van der Waals surface area contributed by atoms with Crippen LogP contribution in [0, 0.1) is 5.92 Å². The second kappa shape index (κ2) is 13.9. The van der Waals surface area contributed by atoms with E-state index < -0.39 is 16.1 Å². The number of nitrogens with zero attached hydrogens (tertiary/aromatic N) is 1. The number of aliphatic imine (C=N–C) groups is 1. The number of rotatable bonds is 11. The van der Waals surface area contributed by atoms with Gasteiger partial charge in [0.05, 0.1) is 25.5 Å². The van der Waals surface area contributed by atoms with Crippen molar-refractivity contribution in [2.24, 2.45) is 21.8 Å². The number of carbonyl (C=O) groups is 2. The van der Waals surface area contributed by atoms with Crippen LogP contribution in [0.1, 0.15) is 49.7 Å². The number of ether oxygens (including phenoxy) is 2. The molecule has 212 valence electrons. The fourth-order valence-corrected chi connectivity index (χ4v) is 5.14. The van der Waals surface area contributed by atoms with Crippen LogP contribution in [0.15, 0.2) is 52.4 Å². The number of sulfonamides is 1. The Morgan fingerprint density at radius 2 is 1.64 bits per heavy atom. The van der Waals surface area contributed by atoms with Gasteiger partial charge in [-0.1, -0.05) is 50.3 Å². The summed E-state index contributed by atoms with van der Waals surface area (Å²) in [6.45, 7) is 0.173. The number of nitrogens with one attached hydrogen (secondary N) is 2. The third-order valence-corrected chi connectivity index (χ3v) is 7.61. The van der Waals surface area contributed by atoms with E-state index in [1.165, 1.54) is 32.8 Å². The van der Waals surface area contributed by atoms with E-state index in [4.69, 9.17) is 20.3 Å². The summed E-state index contributed by atoms with van der Waals surface area (Å²) in [6, 6.07) is 10.3. The van der Waals surface area contributed by atoms with Crippen molar-refractivity contribution in [2.45, 2.75) is 62.4 Å². The standard InChI is InChI=1S/C27H37N5O6S/c1-37-23-13-10-20(15-24(23)38-2)16-25(33)32-27(28)31-22(14-18-6-4-3-5-7-18)26(34)30-17-19-8-11-21(12-9-19)39(29,35)36/h8-13,15,18,22H,3-7,14,16-17H2,1-2H3,(H,30,34)(H2,29,35,36)(H3,28,31,32,33). The lowest BCUT2D eigenvalue weighted by molar-refractivity contribution is -0.123. The lowest BCUT2D eigenvalue weighted by atomic mass is 9.84. The minimum absolute atomic E-state index is 0.00560. The summed E-state index contributed by atoms with van der Waals surface area (Å²) in [5.74, 6) is 0.563. The van der Waals surface area contributed by atoms with Crippen LogP contribution in [-0.2, 0) is 32.6 Å². The van der Waals surface area contributed by atoms with Crippen molar-refractivity contribution < 1.29 is 27.5 Å². The smallest absolute Gasteiger partial charge is 0.245 e. The molecule has 1 atom stereocenters. The monoisotopic (exact) mass is 559 g/mol. The summed E-state index contributed by atoms with van der Waals surface area (Å²) < 4.78 is 33.4. The second-order valence-corrected chi connectivity index (χ2v) is 11.2. The quantitative estimate of drug-likeness (QED) is 0.240. The molecule has 1 fully saturated rings. The van der Waals surface area contributed by atoms with Crippen molar-refractivity contribution >= 4 is 27.8 Å². The van der Waals surface area contributed by atoms with E-state index in [1.807, 2.05) is 0 Å². The Morgan fingerprint density at radius 1 is 1.00 bits per heavy atom. The maximum atomic E-state index is 13.1. The average Bonchev–Trinajstić information content (AvgIpc) is 2.91. The summed E-state index contributed by atoms with van der Waals surface area (Å²) >= 11 is 0. The van der Waals surface area contributed by atoms with Crippen molar-refractivity contribution in [3.05, 3.63) is 53.6 Å². The molecule has 1 saturated carbocycles. The van der Waals surface area contributed by atoms with Gasteiger partial charge in [-0.3, -0.25) is 14.9 Å². The summed E-state index contributed by atoms with van der Waals surface area (Å²) in [5, 5.41) is 10.6. The summed E-state index contributed by atoms with van der Waals surface area (Å²) in [5.41, 5.74) is 7.46. The third kappa shape index (κ3) is 9.25. The van der Waals surface area contributed by atoms with E-state index in [2.05, 4.69) is 15.6 Å². The Morgan fingerprint density at radius 3 is 2.26 bits per heavy atom. The van der Waals surface area contributed by atoms with E-state index in [0.717, 1.165) is 25.7 Å². The first-order valence-corrected chi connectivity index (χ1v) is 14.4. The zero-order chi connectivity index (χ0) is 28.4. The molecule has 1 aliphatic rings. The summed E-state index contributed by atoms with van der Waals surface area (Å²) in [4.78, 5) is 30.1. The molecular weight excluding hydrogens is 522 g/mol. The fraction of sp³-hybridized carbons (Fsp3) is 0.444. The van der Waals surface area contributed by atoms with Gasteiger partial charge in [0, 0.05) is 6.54 Å². The molecule has 1 unspecified atom stereocenters. The molecule has 0 saturated heterocycles. The maximum absolute atomic E-state index is 13.1. The number of hydrogen-bond donors (Lipinski definition) is 4. The highest BCUT2D eigenvalue weighted by molar-refractivity contribution is 7.89. The van der Waals surface area contributed by atoms with Crippen LogP contribution in [0.4, 0.5) is 0 Å². The van der Waals surface area contributed by atoms with Crippen LogP contribution in [0.3, 0.4) is 0 Å². The molecule has 6 N–H and O–H groups in total. The highest BCUT2D eigenvalue weighted by atomic mass is 32.2. The first-order valence-electron chi connectivity index (χ1n) is 12.8. The van der Waals surface area contributed by atoms with Crippen LogP contribution in [-0.4, -0.2) is 46.5 Å². The van der Waals surface area contributed by atoms with Gasteiger partial charge in [0.25, 0.3) is 0 Å². The van der Waals surface area contributed by atoms with Crippen molar-refractivity contribution in [2.75, 3.05) is 14.2 Å². The molecule has 0 spiro atoms. The van der Waals surface area contributed by atoms with E-state index in [9.17, 15) is 18.0 Å². The molecule has 3 rings (SSSR count). The Bertz CT molecular complexity index is 1270. The minimum atomic E-state index is -3.80. The first-order chi connectivity index (χ1) is 18.6. The third-order valence-electron chi connectivity index (χ3n) is 6.68. The van der Waals surface area contributed by atoms with Crippen molar-refractivity contribution in [3.63, 3.8) is 0 Å². The molecule has 0 aliphatic heterocycles. The molecule has 0 aromatic heterocycles. The van der Waals surface area contributed by atoms with Crippen molar-refractivity contribution in [1.82, 2.24) is 10.6 Å². The molecule has 0 bridgehead atoms. The number of primary sulfonamides is 1. The maximum Gasteiger partial charge on any atom is 0.245 e. The molecule has 2 amide bonds. The van der Waals surface area contributed by atoms with Gasteiger partial charge in [0.1, 0.15) is 6.04 Å². The number of guanidine groups is 1. The van der Waals surface area contributed by atoms with Gasteiger partial charge in [-0.2, -0.15) is 0 Å². The van der Waals surface area contributed by atoms with Crippen LogP contribution in [0.2, 0.25) is 0 Å². The average molecular weight is 560 g/mol. The van der Waals surface area contributed by atoms with Gasteiger partial charge in [-0.25, -0.2) is 18.5 Å². The van der Waals surface area contributed by atoms with Gasteiger partial charge < -0.3 is 20.5 Å². The lowest BCUT2D eigenvalue weighted by Gasteiger charge is -2.24. The predicted molar refractivity (Wildman–Crippen MR) is 148 cm³/mol. The van der Waals surface area contributed by atoms with Gasteiger partial charge in [-0.15, -0.1) is 0 Å². The topological polar surface area (TPSA) is 175 Å². The van der Waals surface area contributed by atoms with Crippen molar-refractivity contribution in [1.29, 1.82) is 0 Å². The van der Waals surface area contributed by atoms with Gasteiger partial charge in [0.15, 0.2) is 17.5 Å². The van der Waals surface area contributed by atoms with E-state index in [-0.39, 0.29) is 35.6 Å². The highest BCUT2D eigenvalue weighted by Gasteiger charge is 2.25. The molecular formula is C27H37N5O6S. The number of carbonyl (C=O) groups excluding carboxylic acids is 2. The summed E-state index contributed by atoms with van der Waals surface area (Å²) in [7, 11) is -0.746. The molecule has 2 aromatic carbocycles. The van der Waals surface area contributed by atoms with E-state index >= 15 is 0 Å². The predicted octanol–water partition coefficient (Wildman–Crippen LogP) is 1.98. The Kier molecular flexibility index (Phi) is 10.7. The lowest BCUT2D eigenvalue weighted by Crippen LogP contribution is -2.42. The Hall–Kier alpha value is -3.64. The van der Waals surface area contributed by atoms with Crippen LogP contribution >= 0.6 is 0 Å². The zero-order valence-corrected chi connectivity index (χ0v) is 23.1. The molecule has 2 aromatic rings. The normalized spacial score (nSPS) is 15.3.